The number of benzene rings is 1. The highest BCUT2D eigenvalue weighted by Gasteiger charge is 2.27. The molecule has 2 aromatic heterocycles. The van der Waals surface area contributed by atoms with Crippen LogP contribution in [0.15, 0.2) is 42.7 Å². The lowest BCUT2D eigenvalue weighted by Crippen LogP contribution is -2.34. The van der Waals surface area contributed by atoms with Crippen LogP contribution < -0.4 is 5.73 Å². The monoisotopic (exact) mass is 264 g/mol. The third-order valence-corrected chi connectivity index (χ3v) is 4.09. The number of nitrogens with zero attached hydrogens (tertiary/aromatic N) is 2. The fourth-order valence-electron chi connectivity index (χ4n) is 2.85. The molecule has 20 heavy (non-hydrogen) atoms. The first-order valence-electron chi connectivity index (χ1n) is 6.95. The van der Waals surface area contributed by atoms with Gasteiger partial charge >= 0.3 is 0 Å². The van der Waals surface area contributed by atoms with Crippen molar-refractivity contribution in [1.82, 2.24) is 15.0 Å². The summed E-state index contributed by atoms with van der Waals surface area (Å²) in [6.07, 6.45) is 5.78. The zero-order valence-corrected chi connectivity index (χ0v) is 11.1. The molecule has 4 rings (SSSR count). The molecule has 1 fully saturated rings. The van der Waals surface area contributed by atoms with E-state index in [2.05, 4.69) is 33.2 Å². The average molecular weight is 264 g/mol. The average Bonchev–Trinajstić information content (AvgIpc) is 2.88. The second kappa shape index (κ2) is 4.42. The zero-order valence-electron chi connectivity index (χ0n) is 11.1. The van der Waals surface area contributed by atoms with E-state index >= 15 is 0 Å². The Morgan fingerprint density at radius 1 is 1.20 bits per heavy atom. The molecule has 1 aliphatic carbocycles. The quantitative estimate of drug-likeness (QED) is 0.748. The Kier molecular flexibility index (Phi) is 2.57. The number of fused-ring (bicyclic) bond motifs is 1. The van der Waals surface area contributed by atoms with Crippen molar-refractivity contribution < 1.29 is 0 Å². The van der Waals surface area contributed by atoms with Gasteiger partial charge in [-0.15, -0.1) is 0 Å². The molecule has 1 aromatic carbocycles. The summed E-state index contributed by atoms with van der Waals surface area (Å²) in [6, 6.07) is 10.8. The minimum atomic E-state index is 0.378. The van der Waals surface area contributed by atoms with Gasteiger partial charge in [-0.25, -0.2) is 4.98 Å². The Balaban J connectivity index is 1.73. The van der Waals surface area contributed by atoms with Crippen molar-refractivity contribution in [3.8, 4) is 11.4 Å². The van der Waals surface area contributed by atoms with Crippen LogP contribution in [-0.4, -0.2) is 21.0 Å². The van der Waals surface area contributed by atoms with Crippen LogP contribution >= 0.6 is 0 Å². The van der Waals surface area contributed by atoms with Gasteiger partial charge in [0, 0.05) is 24.0 Å². The maximum atomic E-state index is 5.87. The molecule has 0 spiro atoms. The Morgan fingerprint density at radius 2 is 2.10 bits per heavy atom. The van der Waals surface area contributed by atoms with Gasteiger partial charge in [-0.1, -0.05) is 6.07 Å². The molecule has 1 aliphatic rings. The van der Waals surface area contributed by atoms with Crippen LogP contribution in [0.1, 0.15) is 24.3 Å². The topological polar surface area (TPSA) is 67.6 Å². The summed E-state index contributed by atoms with van der Waals surface area (Å²) in [7, 11) is 0. The molecule has 1 saturated carbocycles. The van der Waals surface area contributed by atoms with Crippen molar-refractivity contribution in [1.29, 1.82) is 0 Å². The van der Waals surface area contributed by atoms with Crippen molar-refractivity contribution in [3.63, 3.8) is 0 Å². The minimum absolute atomic E-state index is 0.378. The molecule has 0 unspecified atom stereocenters. The second-order valence-electron chi connectivity index (χ2n) is 5.53. The molecule has 0 amide bonds. The highest BCUT2D eigenvalue weighted by molar-refractivity contribution is 5.80. The predicted octanol–water partition coefficient (Wildman–Crippen LogP) is 2.83. The number of aromatic nitrogens is 3. The summed E-state index contributed by atoms with van der Waals surface area (Å²) in [4.78, 5) is 12.1. The van der Waals surface area contributed by atoms with Crippen LogP contribution in [0.2, 0.25) is 0 Å². The van der Waals surface area contributed by atoms with Crippen molar-refractivity contribution in [2.75, 3.05) is 0 Å². The smallest absolute Gasteiger partial charge is 0.140 e. The molecular formula is C16H16N4. The summed E-state index contributed by atoms with van der Waals surface area (Å²) in [5.41, 5.74) is 10.3. The summed E-state index contributed by atoms with van der Waals surface area (Å²) < 4.78 is 0. The van der Waals surface area contributed by atoms with Gasteiger partial charge in [0.2, 0.25) is 0 Å². The summed E-state index contributed by atoms with van der Waals surface area (Å²) in [5.74, 6) is 1.48. The second-order valence-corrected chi connectivity index (χ2v) is 5.53. The molecule has 0 saturated heterocycles. The van der Waals surface area contributed by atoms with Gasteiger partial charge in [-0.05, 0) is 48.6 Å². The SMILES string of the molecule is NC1CC(c2ccc3nc(-c4cccnc4)[nH]c3c2)C1. The number of nitrogens with one attached hydrogen (secondary N) is 1. The van der Waals surface area contributed by atoms with E-state index in [1.165, 1.54) is 5.56 Å². The van der Waals surface area contributed by atoms with Crippen molar-refractivity contribution in [3.05, 3.63) is 48.3 Å². The third-order valence-electron chi connectivity index (χ3n) is 4.09. The Hall–Kier alpha value is -2.20. The number of imidazole rings is 1. The Labute approximate surface area is 117 Å². The lowest BCUT2D eigenvalue weighted by molar-refractivity contribution is 0.352. The van der Waals surface area contributed by atoms with E-state index in [1.807, 2.05) is 18.3 Å². The third kappa shape index (κ3) is 1.89. The molecule has 2 heterocycles. The molecular weight excluding hydrogens is 248 g/mol. The summed E-state index contributed by atoms with van der Waals surface area (Å²) >= 11 is 0. The predicted molar refractivity (Wildman–Crippen MR) is 79.3 cm³/mol. The normalized spacial score (nSPS) is 21.9. The maximum absolute atomic E-state index is 5.87. The molecule has 0 bridgehead atoms. The lowest BCUT2D eigenvalue weighted by atomic mass is 9.76. The van der Waals surface area contributed by atoms with E-state index < -0.39 is 0 Å². The Morgan fingerprint density at radius 3 is 2.85 bits per heavy atom. The first kappa shape index (κ1) is 11.6. The van der Waals surface area contributed by atoms with Gasteiger partial charge < -0.3 is 10.7 Å². The number of H-pyrrole nitrogens is 1. The van der Waals surface area contributed by atoms with Crippen molar-refractivity contribution >= 4 is 11.0 Å². The number of hydrogen-bond donors (Lipinski definition) is 2. The maximum Gasteiger partial charge on any atom is 0.140 e. The molecule has 0 atom stereocenters. The van der Waals surface area contributed by atoms with Crippen LogP contribution in [0, 0.1) is 0 Å². The number of nitrogens with two attached hydrogens (primary N) is 1. The molecule has 100 valence electrons. The fourth-order valence-corrected chi connectivity index (χ4v) is 2.85. The molecule has 0 aliphatic heterocycles. The van der Waals surface area contributed by atoms with Crippen LogP contribution in [0.4, 0.5) is 0 Å². The van der Waals surface area contributed by atoms with Crippen LogP contribution in [0.3, 0.4) is 0 Å². The molecule has 4 nitrogen and oxygen atoms in total. The Bertz CT molecular complexity index is 742. The fraction of sp³-hybridized carbons (Fsp3) is 0.250. The van der Waals surface area contributed by atoms with Crippen LogP contribution in [0.25, 0.3) is 22.4 Å². The molecule has 4 heteroatoms. The van der Waals surface area contributed by atoms with E-state index in [0.717, 1.165) is 35.3 Å². The summed E-state index contributed by atoms with van der Waals surface area (Å²) in [5, 5.41) is 0. The van der Waals surface area contributed by atoms with Crippen LogP contribution in [0.5, 0.6) is 0 Å². The number of aromatic amines is 1. The molecule has 3 N–H and O–H groups in total. The zero-order chi connectivity index (χ0) is 13.5. The largest absolute Gasteiger partial charge is 0.338 e. The number of hydrogen-bond acceptors (Lipinski definition) is 3. The van der Waals surface area contributed by atoms with Crippen molar-refractivity contribution in [2.45, 2.75) is 24.8 Å². The van der Waals surface area contributed by atoms with E-state index in [9.17, 15) is 0 Å². The van der Waals surface area contributed by atoms with E-state index in [4.69, 9.17) is 5.73 Å². The lowest BCUT2D eigenvalue weighted by Gasteiger charge is -2.32. The van der Waals surface area contributed by atoms with E-state index in [1.54, 1.807) is 6.20 Å². The highest BCUT2D eigenvalue weighted by Crippen LogP contribution is 2.36. The van der Waals surface area contributed by atoms with Crippen LogP contribution in [-0.2, 0) is 0 Å². The standard InChI is InChI=1S/C16H16N4/c17-13-6-12(7-13)10-3-4-14-15(8-10)20-16(19-14)11-2-1-5-18-9-11/h1-5,8-9,12-13H,6-7,17H2,(H,19,20). The van der Waals surface area contributed by atoms with E-state index in [0.29, 0.717) is 12.0 Å². The van der Waals surface area contributed by atoms with Gasteiger partial charge in [0.1, 0.15) is 5.82 Å². The minimum Gasteiger partial charge on any atom is -0.338 e. The number of rotatable bonds is 2. The number of pyridine rings is 1. The first-order chi connectivity index (χ1) is 9.79. The van der Waals surface area contributed by atoms with Gasteiger partial charge in [-0.3, -0.25) is 4.98 Å². The van der Waals surface area contributed by atoms with Crippen molar-refractivity contribution in [2.24, 2.45) is 5.73 Å². The first-order valence-corrected chi connectivity index (χ1v) is 6.95. The van der Waals surface area contributed by atoms with Gasteiger partial charge in [0.25, 0.3) is 0 Å². The van der Waals surface area contributed by atoms with Gasteiger partial charge in [0.15, 0.2) is 0 Å². The molecule has 3 aromatic rings. The molecule has 0 radical (unpaired) electrons. The summed E-state index contributed by atoms with van der Waals surface area (Å²) in [6.45, 7) is 0. The van der Waals surface area contributed by atoms with E-state index in [-0.39, 0.29) is 0 Å². The van der Waals surface area contributed by atoms with Gasteiger partial charge in [0.05, 0.1) is 11.0 Å². The highest BCUT2D eigenvalue weighted by atomic mass is 14.9. The van der Waals surface area contributed by atoms with Gasteiger partial charge in [-0.2, -0.15) is 0 Å².